The molecule has 0 unspecified atom stereocenters. The average Bonchev–Trinajstić information content (AvgIpc) is 3.02. The molecule has 0 atom stereocenters. The van der Waals surface area contributed by atoms with Gasteiger partial charge >= 0.3 is 0 Å². The summed E-state index contributed by atoms with van der Waals surface area (Å²) in [5.41, 5.74) is 1.48. The molecule has 0 aliphatic carbocycles. The molecule has 19 heavy (non-hydrogen) atoms. The smallest absolute Gasteiger partial charge is 0.193 e. The molecule has 1 aliphatic rings. The Kier molecular flexibility index (Phi) is 3.34. The lowest BCUT2D eigenvalue weighted by atomic mass is 10.0. The standard InChI is InChI=1S/C17H14OS/c18-17(14-6-2-1-3-7-14)15-8-10-16(11-9-15)19-12-4-5-13-19/h1-13,19H. The summed E-state index contributed by atoms with van der Waals surface area (Å²) in [5, 5.41) is 4.42. The van der Waals surface area contributed by atoms with Gasteiger partial charge in [0.15, 0.2) is 5.78 Å². The van der Waals surface area contributed by atoms with Crippen molar-refractivity contribution >= 4 is 16.7 Å². The fourth-order valence-electron chi connectivity index (χ4n) is 2.05. The van der Waals surface area contributed by atoms with Gasteiger partial charge in [-0.2, -0.15) is 10.9 Å². The Balaban J connectivity index is 1.85. The third-order valence-electron chi connectivity index (χ3n) is 3.07. The van der Waals surface area contributed by atoms with Crippen molar-refractivity contribution in [1.82, 2.24) is 0 Å². The van der Waals surface area contributed by atoms with Crippen LogP contribution in [0.25, 0.3) is 0 Å². The summed E-state index contributed by atoms with van der Waals surface area (Å²) < 4.78 is 0. The van der Waals surface area contributed by atoms with Crippen LogP contribution >= 0.6 is 10.9 Å². The highest BCUT2D eigenvalue weighted by Gasteiger charge is 2.09. The maximum atomic E-state index is 12.3. The minimum atomic E-state index is -0.299. The predicted octanol–water partition coefficient (Wildman–Crippen LogP) is 4.32. The fraction of sp³-hybridized carbons (Fsp3) is 0. The van der Waals surface area contributed by atoms with E-state index in [2.05, 4.69) is 35.1 Å². The van der Waals surface area contributed by atoms with Gasteiger partial charge in [0.05, 0.1) is 0 Å². The van der Waals surface area contributed by atoms with Crippen molar-refractivity contribution < 1.29 is 4.79 Å². The van der Waals surface area contributed by atoms with E-state index in [1.807, 2.05) is 42.5 Å². The lowest BCUT2D eigenvalue weighted by Crippen LogP contribution is -2.00. The number of carbonyl (C=O) groups is 1. The van der Waals surface area contributed by atoms with Crippen molar-refractivity contribution in [2.75, 3.05) is 0 Å². The SMILES string of the molecule is O=C(c1ccccc1)c1ccc([SH]2C=CC=C2)cc1. The summed E-state index contributed by atoms with van der Waals surface area (Å²) in [6.07, 6.45) is 4.16. The summed E-state index contributed by atoms with van der Waals surface area (Å²) in [7, 11) is -0.299. The Morgan fingerprint density at radius 1 is 0.737 bits per heavy atom. The van der Waals surface area contributed by atoms with E-state index in [0.29, 0.717) is 0 Å². The molecule has 0 saturated heterocycles. The molecule has 0 fully saturated rings. The first-order valence-electron chi connectivity index (χ1n) is 6.18. The van der Waals surface area contributed by atoms with Gasteiger partial charge in [0.1, 0.15) is 0 Å². The molecule has 0 radical (unpaired) electrons. The molecule has 0 bridgehead atoms. The van der Waals surface area contributed by atoms with Crippen LogP contribution in [0.15, 0.2) is 82.5 Å². The second-order valence-corrected chi connectivity index (χ2v) is 6.26. The van der Waals surface area contributed by atoms with Crippen LogP contribution in [-0.2, 0) is 0 Å². The number of benzene rings is 2. The Morgan fingerprint density at radius 3 is 1.95 bits per heavy atom. The lowest BCUT2D eigenvalue weighted by Gasteiger charge is -2.10. The van der Waals surface area contributed by atoms with Gasteiger partial charge in [-0.25, -0.2) is 0 Å². The van der Waals surface area contributed by atoms with E-state index >= 15 is 0 Å². The number of hydrogen-bond donors (Lipinski definition) is 1. The summed E-state index contributed by atoms with van der Waals surface area (Å²) >= 11 is 0. The second-order valence-electron chi connectivity index (χ2n) is 4.33. The minimum Gasteiger partial charge on any atom is -0.289 e. The molecule has 2 heteroatoms. The molecule has 1 nitrogen and oxygen atoms in total. The van der Waals surface area contributed by atoms with Crippen molar-refractivity contribution in [3.05, 3.63) is 88.7 Å². The van der Waals surface area contributed by atoms with Crippen LogP contribution in [0.4, 0.5) is 0 Å². The Morgan fingerprint density at radius 2 is 1.32 bits per heavy atom. The summed E-state index contributed by atoms with van der Waals surface area (Å²) in [4.78, 5) is 13.5. The van der Waals surface area contributed by atoms with Crippen molar-refractivity contribution in [2.45, 2.75) is 4.90 Å². The monoisotopic (exact) mass is 266 g/mol. The molecular formula is C17H14OS. The fourth-order valence-corrected chi connectivity index (χ4v) is 3.55. The zero-order valence-electron chi connectivity index (χ0n) is 10.4. The highest BCUT2D eigenvalue weighted by Crippen LogP contribution is 2.41. The maximum absolute atomic E-state index is 12.3. The highest BCUT2D eigenvalue weighted by molar-refractivity contribution is 8.22. The molecule has 2 aromatic rings. The van der Waals surface area contributed by atoms with Gasteiger partial charge in [-0.05, 0) is 40.0 Å². The van der Waals surface area contributed by atoms with Crippen LogP contribution in [0.3, 0.4) is 0 Å². The van der Waals surface area contributed by atoms with Crippen LogP contribution in [0.5, 0.6) is 0 Å². The molecule has 1 heterocycles. The molecule has 0 saturated carbocycles. The highest BCUT2D eigenvalue weighted by atomic mass is 32.2. The van der Waals surface area contributed by atoms with E-state index in [1.165, 1.54) is 4.90 Å². The second kappa shape index (κ2) is 5.29. The van der Waals surface area contributed by atoms with Crippen LogP contribution in [-0.4, -0.2) is 5.78 Å². The number of rotatable bonds is 3. The lowest BCUT2D eigenvalue weighted by molar-refractivity contribution is 0.103. The van der Waals surface area contributed by atoms with Gasteiger partial charge in [0, 0.05) is 11.1 Å². The van der Waals surface area contributed by atoms with Gasteiger partial charge in [-0.1, -0.05) is 42.5 Å². The van der Waals surface area contributed by atoms with Gasteiger partial charge in [0.2, 0.25) is 0 Å². The number of ketones is 1. The van der Waals surface area contributed by atoms with Crippen molar-refractivity contribution in [3.8, 4) is 0 Å². The van der Waals surface area contributed by atoms with Gasteiger partial charge in [0.25, 0.3) is 0 Å². The summed E-state index contributed by atoms with van der Waals surface area (Å²) in [6, 6.07) is 17.4. The van der Waals surface area contributed by atoms with Gasteiger partial charge in [-0.15, -0.1) is 0 Å². The Labute approximate surface area is 115 Å². The number of thiol groups is 1. The van der Waals surface area contributed by atoms with E-state index in [0.717, 1.165) is 11.1 Å². The molecular weight excluding hydrogens is 252 g/mol. The minimum absolute atomic E-state index is 0.0810. The van der Waals surface area contributed by atoms with Crippen molar-refractivity contribution in [1.29, 1.82) is 0 Å². The van der Waals surface area contributed by atoms with Crippen molar-refractivity contribution in [3.63, 3.8) is 0 Å². The topological polar surface area (TPSA) is 17.1 Å². The predicted molar refractivity (Wildman–Crippen MR) is 81.8 cm³/mol. The van der Waals surface area contributed by atoms with E-state index in [9.17, 15) is 4.79 Å². The third kappa shape index (κ3) is 2.54. The molecule has 0 spiro atoms. The van der Waals surface area contributed by atoms with Crippen LogP contribution < -0.4 is 0 Å². The first kappa shape index (κ1) is 12.0. The molecule has 0 N–H and O–H groups in total. The largest absolute Gasteiger partial charge is 0.289 e. The van der Waals surface area contributed by atoms with E-state index in [-0.39, 0.29) is 16.7 Å². The first-order valence-corrected chi connectivity index (χ1v) is 7.66. The van der Waals surface area contributed by atoms with E-state index in [4.69, 9.17) is 0 Å². The zero-order valence-corrected chi connectivity index (χ0v) is 11.3. The summed E-state index contributed by atoms with van der Waals surface area (Å²) in [6.45, 7) is 0. The molecule has 0 amide bonds. The molecule has 0 aromatic heterocycles. The number of allylic oxidation sites excluding steroid dienone is 2. The molecule has 1 aliphatic heterocycles. The average molecular weight is 266 g/mol. The van der Waals surface area contributed by atoms with Crippen LogP contribution in [0.1, 0.15) is 15.9 Å². The summed E-state index contributed by atoms with van der Waals surface area (Å²) in [5.74, 6) is 0.0810. The maximum Gasteiger partial charge on any atom is 0.193 e. The Hall–Kier alpha value is -2.06. The van der Waals surface area contributed by atoms with Gasteiger partial charge in [-0.3, -0.25) is 4.79 Å². The zero-order chi connectivity index (χ0) is 13.1. The normalized spacial score (nSPS) is 14.8. The number of carbonyl (C=O) groups excluding carboxylic acids is 1. The van der Waals surface area contributed by atoms with Crippen LogP contribution in [0, 0.1) is 0 Å². The quantitative estimate of drug-likeness (QED) is 0.647. The Bertz CT molecular complexity index is 627. The molecule has 94 valence electrons. The molecule has 2 aromatic carbocycles. The van der Waals surface area contributed by atoms with Gasteiger partial charge < -0.3 is 0 Å². The van der Waals surface area contributed by atoms with E-state index < -0.39 is 0 Å². The van der Waals surface area contributed by atoms with E-state index in [1.54, 1.807) is 0 Å². The third-order valence-corrected chi connectivity index (χ3v) is 4.95. The van der Waals surface area contributed by atoms with Crippen molar-refractivity contribution in [2.24, 2.45) is 0 Å². The number of hydrogen-bond acceptors (Lipinski definition) is 1. The first-order chi connectivity index (χ1) is 9.34. The van der Waals surface area contributed by atoms with Crippen LogP contribution in [0.2, 0.25) is 0 Å². The molecule has 3 rings (SSSR count).